The number of amides is 1. The number of hydrogen-bond acceptors (Lipinski definition) is 5. The molecule has 0 N–H and O–H groups in total. The number of fused-ring (bicyclic) bond motifs is 1. The summed E-state index contributed by atoms with van der Waals surface area (Å²) in [6, 6.07) is -0.0799. The first-order valence-electron chi connectivity index (χ1n) is 12.0. The molecule has 0 spiro atoms. The van der Waals surface area contributed by atoms with Gasteiger partial charge in [0, 0.05) is 43.0 Å². The molecule has 9 heteroatoms. The predicted molar refractivity (Wildman–Crippen MR) is 124 cm³/mol. The molecule has 33 heavy (non-hydrogen) atoms. The summed E-state index contributed by atoms with van der Waals surface area (Å²) in [5.74, 6) is 0.521. The van der Waals surface area contributed by atoms with Crippen LogP contribution in [0.3, 0.4) is 0 Å². The van der Waals surface area contributed by atoms with Crippen LogP contribution in [0, 0.1) is 0 Å². The lowest BCUT2D eigenvalue weighted by Crippen LogP contribution is -2.59. The van der Waals surface area contributed by atoms with Crippen molar-refractivity contribution < 1.29 is 18.3 Å². The highest BCUT2D eigenvalue weighted by atomic mass is 19.3. The zero-order chi connectivity index (χ0) is 23.9. The third-order valence-electron chi connectivity index (χ3n) is 6.71. The van der Waals surface area contributed by atoms with Gasteiger partial charge in [0.05, 0.1) is 5.39 Å². The van der Waals surface area contributed by atoms with Crippen LogP contribution in [-0.4, -0.2) is 56.3 Å². The molecular weight excluding hydrogens is 428 g/mol. The van der Waals surface area contributed by atoms with Crippen LogP contribution >= 0.6 is 0 Å². The maximum absolute atomic E-state index is 14.2. The number of carbonyl (C=O) groups excluding carboxylic acids is 1. The molecule has 0 bridgehead atoms. The van der Waals surface area contributed by atoms with Gasteiger partial charge in [-0.05, 0) is 47.5 Å². The Morgan fingerprint density at radius 2 is 1.79 bits per heavy atom. The molecular formula is C24H35F2N5O2. The molecule has 3 heterocycles. The quantitative estimate of drug-likeness (QED) is 0.584. The van der Waals surface area contributed by atoms with E-state index >= 15 is 0 Å². The fraction of sp³-hybridized carbons (Fsp3) is 0.708. The lowest BCUT2D eigenvalue weighted by Gasteiger charge is -2.44. The predicted octanol–water partition coefficient (Wildman–Crippen LogP) is 5.71. The second-order valence-corrected chi connectivity index (χ2v) is 10.5. The highest BCUT2D eigenvalue weighted by Gasteiger charge is 2.37. The maximum Gasteiger partial charge on any atom is 0.410 e. The molecule has 1 aliphatic carbocycles. The summed E-state index contributed by atoms with van der Waals surface area (Å²) in [7, 11) is 0. The Morgan fingerprint density at radius 3 is 2.42 bits per heavy atom. The van der Waals surface area contributed by atoms with Crippen LogP contribution in [-0.2, 0) is 4.74 Å². The van der Waals surface area contributed by atoms with Gasteiger partial charge in [-0.3, -0.25) is 0 Å². The standard InChI is InChI=1S/C24H35F2N5O2/c1-15-12-30(23(32)33-24(3,4)5)16(2)11-29(15)21-19-18(20(25)26)13-31(22(19)28-14-27-21)17-9-7-6-8-10-17/h13-17,20H,6-12H2,1-5H3. The van der Waals surface area contributed by atoms with E-state index in [1.54, 1.807) is 11.1 Å². The van der Waals surface area contributed by atoms with Crippen molar-refractivity contribution in [3.05, 3.63) is 18.1 Å². The van der Waals surface area contributed by atoms with Crippen molar-refractivity contribution in [1.29, 1.82) is 0 Å². The van der Waals surface area contributed by atoms with Gasteiger partial charge in [0.25, 0.3) is 6.43 Å². The van der Waals surface area contributed by atoms with Crippen molar-refractivity contribution in [3.63, 3.8) is 0 Å². The molecule has 2 aliphatic rings. The van der Waals surface area contributed by atoms with Gasteiger partial charge in [0.2, 0.25) is 0 Å². The molecule has 2 atom stereocenters. The van der Waals surface area contributed by atoms with Crippen LogP contribution < -0.4 is 4.90 Å². The number of carbonyl (C=O) groups is 1. The number of ether oxygens (including phenoxy) is 1. The zero-order valence-electron chi connectivity index (χ0n) is 20.2. The fourth-order valence-corrected chi connectivity index (χ4v) is 5.11. The number of anilines is 1. The molecule has 0 radical (unpaired) electrons. The first-order valence-corrected chi connectivity index (χ1v) is 12.0. The van der Waals surface area contributed by atoms with Gasteiger partial charge in [-0.25, -0.2) is 23.5 Å². The highest BCUT2D eigenvalue weighted by Crippen LogP contribution is 2.39. The number of hydrogen-bond donors (Lipinski definition) is 0. The van der Waals surface area contributed by atoms with Crippen molar-refractivity contribution in [2.24, 2.45) is 0 Å². The Bertz CT molecular complexity index is 997. The number of rotatable bonds is 3. The molecule has 1 saturated carbocycles. The van der Waals surface area contributed by atoms with E-state index in [-0.39, 0.29) is 29.8 Å². The van der Waals surface area contributed by atoms with Gasteiger partial charge in [-0.15, -0.1) is 0 Å². The third kappa shape index (κ3) is 4.77. The van der Waals surface area contributed by atoms with E-state index in [9.17, 15) is 13.6 Å². The molecule has 1 aliphatic heterocycles. The van der Waals surface area contributed by atoms with Gasteiger partial charge < -0.3 is 19.1 Å². The summed E-state index contributed by atoms with van der Waals surface area (Å²) < 4.78 is 35.9. The molecule has 4 rings (SSSR count). The Balaban J connectivity index is 1.68. The van der Waals surface area contributed by atoms with Crippen LogP contribution in [0.25, 0.3) is 11.0 Å². The molecule has 7 nitrogen and oxygen atoms in total. The summed E-state index contributed by atoms with van der Waals surface area (Å²) in [6.07, 6.45) is 5.46. The molecule has 2 fully saturated rings. The number of alkyl halides is 2. The van der Waals surface area contributed by atoms with E-state index in [0.717, 1.165) is 25.7 Å². The van der Waals surface area contributed by atoms with E-state index in [0.29, 0.717) is 29.9 Å². The van der Waals surface area contributed by atoms with Crippen LogP contribution in [0.4, 0.5) is 19.4 Å². The number of piperazine rings is 1. The number of halogens is 2. The monoisotopic (exact) mass is 463 g/mol. The minimum Gasteiger partial charge on any atom is -0.444 e. The lowest BCUT2D eigenvalue weighted by atomic mass is 9.95. The van der Waals surface area contributed by atoms with Gasteiger partial charge in [0.1, 0.15) is 23.4 Å². The van der Waals surface area contributed by atoms with E-state index in [1.807, 2.05) is 44.1 Å². The second-order valence-electron chi connectivity index (χ2n) is 10.5. The molecule has 182 valence electrons. The van der Waals surface area contributed by atoms with Crippen LogP contribution in [0.15, 0.2) is 12.5 Å². The molecule has 2 unspecified atom stereocenters. The van der Waals surface area contributed by atoms with E-state index < -0.39 is 12.0 Å². The summed E-state index contributed by atoms with van der Waals surface area (Å²) in [5, 5.41) is 0.433. The first-order chi connectivity index (χ1) is 15.6. The zero-order valence-corrected chi connectivity index (χ0v) is 20.2. The van der Waals surface area contributed by atoms with Crippen molar-refractivity contribution in [1.82, 2.24) is 19.4 Å². The minimum atomic E-state index is -2.61. The molecule has 0 aromatic carbocycles. The average Bonchev–Trinajstić information content (AvgIpc) is 3.15. The van der Waals surface area contributed by atoms with E-state index in [2.05, 4.69) is 9.97 Å². The van der Waals surface area contributed by atoms with E-state index in [4.69, 9.17) is 4.74 Å². The summed E-state index contributed by atoms with van der Waals surface area (Å²) in [4.78, 5) is 25.4. The number of nitrogens with zero attached hydrogens (tertiary/aromatic N) is 5. The Morgan fingerprint density at radius 1 is 1.09 bits per heavy atom. The van der Waals surface area contributed by atoms with Crippen LogP contribution in [0.5, 0.6) is 0 Å². The normalized spacial score (nSPS) is 22.9. The van der Waals surface area contributed by atoms with Gasteiger partial charge >= 0.3 is 6.09 Å². The molecule has 2 aromatic rings. The van der Waals surface area contributed by atoms with Gasteiger partial charge in [0.15, 0.2) is 0 Å². The molecule has 2 aromatic heterocycles. The number of aromatic nitrogens is 3. The second kappa shape index (κ2) is 9.06. The largest absolute Gasteiger partial charge is 0.444 e. The van der Waals surface area contributed by atoms with Crippen molar-refractivity contribution in [3.8, 4) is 0 Å². The van der Waals surface area contributed by atoms with Gasteiger partial charge in [-0.2, -0.15) is 0 Å². The van der Waals surface area contributed by atoms with Crippen molar-refractivity contribution in [2.75, 3.05) is 18.0 Å². The average molecular weight is 464 g/mol. The topological polar surface area (TPSA) is 63.5 Å². The fourth-order valence-electron chi connectivity index (χ4n) is 5.11. The molecule has 1 saturated heterocycles. The summed E-state index contributed by atoms with van der Waals surface area (Å²) in [5.41, 5.74) is -0.0123. The Hall–Kier alpha value is -2.45. The maximum atomic E-state index is 14.2. The van der Waals surface area contributed by atoms with Crippen LogP contribution in [0.1, 0.15) is 84.8 Å². The SMILES string of the molecule is CC1CN(c2ncnc3c2c(C(F)F)cn3C2CCCCC2)C(C)CN1C(=O)OC(C)(C)C. The third-order valence-corrected chi connectivity index (χ3v) is 6.71. The summed E-state index contributed by atoms with van der Waals surface area (Å²) in [6.45, 7) is 10.4. The Labute approximate surface area is 194 Å². The highest BCUT2D eigenvalue weighted by molar-refractivity contribution is 5.92. The lowest BCUT2D eigenvalue weighted by molar-refractivity contribution is 0.0130. The van der Waals surface area contributed by atoms with Crippen molar-refractivity contribution in [2.45, 2.75) is 96.9 Å². The molecule has 1 amide bonds. The minimum absolute atomic E-state index is 0.0133. The smallest absolute Gasteiger partial charge is 0.410 e. The van der Waals surface area contributed by atoms with E-state index in [1.165, 1.54) is 12.7 Å². The summed E-state index contributed by atoms with van der Waals surface area (Å²) >= 11 is 0. The Kier molecular flexibility index (Phi) is 6.51. The van der Waals surface area contributed by atoms with Crippen molar-refractivity contribution >= 4 is 22.9 Å². The van der Waals surface area contributed by atoms with Gasteiger partial charge in [-0.1, -0.05) is 19.3 Å². The first kappa shape index (κ1) is 23.7. The van der Waals surface area contributed by atoms with Crippen LogP contribution in [0.2, 0.25) is 0 Å².